The van der Waals surface area contributed by atoms with E-state index < -0.39 is 0 Å². The Morgan fingerprint density at radius 3 is 2.88 bits per heavy atom. The molecule has 0 bridgehead atoms. The largest absolute Gasteiger partial charge is 0.495 e. The maximum atomic E-state index is 12.4. The molecule has 2 aromatic rings. The number of methoxy groups -OCH3 is 1. The first-order chi connectivity index (χ1) is 11.6. The average molecular weight is 332 g/mol. The van der Waals surface area contributed by atoms with E-state index in [9.17, 15) is 9.90 Å². The Morgan fingerprint density at radius 1 is 1.46 bits per heavy atom. The number of furan rings is 1. The van der Waals surface area contributed by atoms with Gasteiger partial charge in [-0.3, -0.25) is 9.78 Å². The van der Waals surface area contributed by atoms with Crippen LogP contribution in [0, 0.1) is 5.92 Å². The summed E-state index contributed by atoms with van der Waals surface area (Å²) in [7, 11) is 1.56. The van der Waals surface area contributed by atoms with Gasteiger partial charge in [0.05, 0.1) is 25.5 Å². The van der Waals surface area contributed by atoms with Crippen molar-refractivity contribution in [1.82, 2.24) is 10.3 Å². The van der Waals surface area contributed by atoms with E-state index in [1.165, 1.54) is 6.07 Å². The summed E-state index contributed by atoms with van der Waals surface area (Å²) >= 11 is 0. The second-order valence-electron chi connectivity index (χ2n) is 5.92. The third-order valence-electron chi connectivity index (χ3n) is 4.28. The van der Waals surface area contributed by atoms with E-state index in [4.69, 9.17) is 14.3 Å². The van der Waals surface area contributed by atoms with Crippen LogP contribution in [-0.2, 0) is 6.61 Å². The zero-order valence-electron chi connectivity index (χ0n) is 13.3. The Hall–Kier alpha value is -2.38. The molecule has 0 aromatic carbocycles. The smallest absolute Gasteiger partial charge is 0.287 e. The van der Waals surface area contributed by atoms with Crippen LogP contribution in [0.5, 0.6) is 5.75 Å². The first-order valence-corrected chi connectivity index (χ1v) is 7.78. The number of hydrogen-bond acceptors (Lipinski definition) is 6. The molecule has 1 aliphatic rings. The number of carbonyl (C=O) groups is 1. The van der Waals surface area contributed by atoms with E-state index in [0.717, 1.165) is 5.56 Å². The van der Waals surface area contributed by atoms with Crippen LogP contribution >= 0.6 is 0 Å². The molecule has 1 saturated carbocycles. The van der Waals surface area contributed by atoms with Crippen molar-refractivity contribution in [1.29, 1.82) is 0 Å². The van der Waals surface area contributed by atoms with Crippen molar-refractivity contribution in [2.45, 2.75) is 31.6 Å². The molecular weight excluding hydrogens is 312 g/mol. The SMILES string of the molecule is COc1cncc(C(NC(=O)c2ccc(CO)o2)C2CC(O)C2)c1. The van der Waals surface area contributed by atoms with E-state index >= 15 is 0 Å². The summed E-state index contributed by atoms with van der Waals surface area (Å²) < 4.78 is 10.5. The molecular formula is C17H20N2O5. The molecule has 0 aliphatic heterocycles. The maximum absolute atomic E-state index is 12.4. The maximum Gasteiger partial charge on any atom is 0.287 e. The number of aliphatic hydroxyl groups is 2. The van der Waals surface area contributed by atoms with Crippen LogP contribution in [0.3, 0.4) is 0 Å². The first kappa shape index (κ1) is 16.5. The fraction of sp³-hybridized carbons (Fsp3) is 0.412. The molecule has 1 aliphatic carbocycles. The zero-order chi connectivity index (χ0) is 17.1. The van der Waals surface area contributed by atoms with Crippen LogP contribution in [-0.4, -0.2) is 34.3 Å². The Bertz CT molecular complexity index is 709. The van der Waals surface area contributed by atoms with Crippen LogP contribution in [0.1, 0.15) is 40.8 Å². The highest BCUT2D eigenvalue weighted by Gasteiger charge is 2.36. The molecule has 3 N–H and O–H groups in total. The number of aliphatic hydroxyl groups excluding tert-OH is 2. The first-order valence-electron chi connectivity index (χ1n) is 7.78. The molecule has 3 rings (SSSR count). The fourth-order valence-electron chi connectivity index (χ4n) is 2.89. The molecule has 1 amide bonds. The summed E-state index contributed by atoms with van der Waals surface area (Å²) in [4.78, 5) is 16.6. The van der Waals surface area contributed by atoms with Gasteiger partial charge in [0.1, 0.15) is 18.1 Å². The van der Waals surface area contributed by atoms with Crippen molar-refractivity contribution in [2.24, 2.45) is 5.92 Å². The van der Waals surface area contributed by atoms with Crippen molar-refractivity contribution in [2.75, 3.05) is 7.11 Å². The number of pyridine rings is 1. The van der Waals surface area contributed by atoms with Gasteiger partial charge in [0.25, 0.3) is 5.91 Å². The van der Waals surface area contributed by atoms with Crippen LogP contribution in [0.15, 0.2) is 35.0 Å². The Labute approximate surface area is 139 Å². The van der Waals surface area contributed by atoms with Crippen LogP contribution < -0.4 is 10.1 Å². The molecule has 0 radical (unpaired) electrons. The number of hydrogen-bond donors (Lipinski definition) is 3. The van der Waals surface area contributed by atoms with Crippen molar-refractivity contribution in [3.05, 3.63) is 47.7 Å². The second-order valence-corrected chi connectivity index (χ2v) is 5.92. The van der Waals surface area contributed by atoms with Gasteiger partial charge in [0, 0.05) is 6.20 Å². The summed E-state index contributed by atoms with van der Waals surface area (Å²) in [6.45, 7) is -0.259. The molecule has 1 fully saturated rings. The van der Waals surface area contributed by atoms with Crippen LogP contribution in [0.4, 0.5) is 0 Å². The molecule has 7 heteroatoms. The lowest BCUT2D eigenvalue weighted by Gasteiger charge is -2.38. The lowest BCUT2D eigenvalue weighted by Crippen LogP contribution is -2.41. The Balaban J connectivity index is 1.80. The van der Waals surface area contributed by atoms with Gasteiger partial charge in [0.15, 0.2) is 5.76 Å². The van der Waals surface area contributed by atoms with E-state index in [0.29, 0.717) is 24.4 Å². The molecule has 2 aromatic heterocycles. The summed E-state index contributed by atoms with van der Waals surface area (Å²) in [6.07, 6.45) is 4.17. The number of aromatic nitrogens is 1. The Kier molecular flexibility index (Phi) is 4.82. The van der Waals surface area contributed by atoms with Crippen molar-refractivity contribution in [3.63, 3.8) is 0 Å². The number of rotatable bonds is 6. The van der Waals surface area contributed by atoms with E-state index in [1.807, 2.05) is 6.07 Å². The standard InChI is InChI=1S/C17H20N2O5/c1-23-14-6-11(7-18-8-14)16(10-4-12(21)5-10)19-17(22)15-3-2-13(9-20)24-15/h2-3,6-8,10,12,16,20-21H,4-5,9H2,1H3,(H,19,22). The van der Waals surface area contributed by atoms with Crippen molar-refractivity contribution >= 4 is 5.91 Å². The van der Waals surface area contributed by atoms with Gasteiger partial charge in [-0.05, 0) is 42.5 Å². The number of amides is 1. The molecule has 0 spiro atoms. The normalized spacial score (nSPS) is 21.0. The molecule has 1 atom stereocenters. The monoisotopic (exact) mass is 332 g/mol. The highest BCUT2D eigenvalue weighted by Crippen LogP contribution is 2.38. The Morgan fingerprint density at radius 2 is 2.25 bits per heavy atom. The topological polar surface area (TPSA) is 105 Å². The third-order valence-corrected chi connectivity index (χ3v) is 4.28. The van der Waals surface area contributed by atoms with E-state index in [2.05, 4.69) is 10.3 Å². The van der Waals surface area contributed by atoms with Gasteiger partial charge in [-0.15, -0.1) is 0 Å². The minimum Gasteiger partial charge on any atom is -0.495 e. The molecule has 7 nitrogen and oxygen atoms in total. The summed E-state index contributed by atoms with van der Waals surface area (Å²) in [5, 5.41) is 21.6. The van der Waals surface area contributed by atoms with E-state index in [-0.39, 0.29) is 36.3 Å². The molecule has 1 unspecified atom stereocenters. The molecule has 2 heterocycles. The molecule has 128 valence electrons. The molecule has 24 heavy (non-hydrogen) atoms. The third kappa shape index (κ3) is 3.42. The lowest BCUT2D eigenvalue weighted by molar-refractivity contribution is 0.0231. The summed E-state index contributed by atoms with van der Waals surface area (Å²) in [5.41, 5.74) is 0.813. The zero-order valence-corrected chi connectivity index (χ0v) is 13.3. The predicted octanol–water partition coefficient (Wildman–Crippen LogP) is 1.42. The van der Waals surface area contributed by atoms with E-state index in [1.54, 1.807) is 25.6 Å². The highest BCUT2D eigenvalue weighted by molar-refractivity contribution is 5.91. The second kappa shape index (κ2) is 7.02. The van der Waals surface area contributed by atoms with Gasteiger partial charge in [-0.1, -0.05) is 0 Å². The number of nitrogens with zero attached hydrogens (tertiary/aromatic N) is 1. The predicted molar refractivity (Wildman–Crippen MR) is 84.4 cm³/mol. The highest BCUT2D eigenvalue weighted by atomic mass is 16.5. The van der Waals surface area contributed by atoms with Gasteiger partial charge < -0.3 is 24.7 Å². The van der Waals surface area contributed by atoms with Crippen molar-refractivity contribution < 1.29 is 24.2 Å². The van der Waals surface area contributed by atoms with Crippen LogP contribution in [0.2, 0.25) is 0 Å². The van der Waals surface area contributed by atoms with Gasteiger partial charge in [-0.25, -0.2) is 0 Å². The summed E-state index contributed by atoms with van der Waals surface area (Å²) in [5.74, 6) is 0.819. The lowest BCUT2D eigenvalue weighted by atomic mass is 9.75. The minimum atomic E-state index is -0.371. The minimum absolute atomic E-state index is 0.116. The van der Waals surface area contributed by atoms with Gasteiger partial charge in [-0.2, -0.15) is 0 Å². The number of ether oxygens (including phenoxy) is 1. The van der Waals surface area contributed by atoms with Gasteiger partial charge in [0.2, 0.25) is 0 Å². The fourth-order valence-corrected chi connectivity index (χ4v) is 2.89. The summed E-state index contributed by atoms with van der Waals surface area (Å²) in [6, 6.07) is 4.61. The average Bonchev–Trinajstić information content (AvgIpc) is 3.06. The molecule has 0 saturated heterocycles. The van der Waals surface area contributed by atoms with Crippen molar-refractivity contribution in [3.8, 4) is 5.75 Å². The quantitative estimate of drug-likeness (QED) is 0.739. The van der Waals surface area contributed by atoms with Crippen LogP contribution in [0.25, 0.3) is 0 Å². The number of nitrogens with one attached hydrogen (secondary N) is 1. The number of carbonyl (C=O) groups excluding carboxylic acids is 1. The van der Waals surface area contributed by atoms with Gasteiger partial charge >= 0.3 is 0 Å².